The summed E-state index contributed by atoms with van der Waals surface area (Å²) in [7, 11) is 0. The van der Waals surface area contributed by atoms with Gasteiger partial charge >= 0.3 is 0 Å². The maximum atomic E-state index is 13.5. The first-order valence-corrected chi connectivity index (χ1v) is 13.0. The SMILES string of the molecule is CC(C)(C)[C@]1(C)c2ccccc2C[C@H]1C(=O)Nc1nc(Cc2ccc(-c3ccncc3)cc2)cs1. The number of pyridine rings is 1. The molecular weight excluding hydrogens is 450 g/mol. The van der Waals surface area contributed by atoms with Crippen molar-refractivity contribution in [3.05, 3.63) is 101 Å². The van der Waals surface area contributed by atoms with Gasteiger partial charge in [-0.25, -0.2) is 4.98 Å². The number of thiazole rings is 1. The van der Waals surface area contributed by atoms with Crippen LogP contribution >= 0.6 is 11.3 Å². The molecule has 1 aliphatic carbocycles. The number of hydrogen-bond donors (Lipinski definition) is 1. The first kappa shape index (κ1) is 23.4. The van der Waals surface area contributed by atoms with E-state index in [1.165, 1.54) is 33.6 Å². The van der Waals surface area contributed by atoms with Crippen molar-refractivity contribution in [1.29, 1.82) is 0 Å². The summed E-state index contributed by atoms with van der Waals surface area (Å²) in [4.78, 5) is 22.4. The number of aromatic nitrogens is 2. The molecule has 0 unspecified atom stereocenters. The summed E-state index contributed by atoms with van der Waals surface area (Å²) in [5, 5.41) is 5.86. The number of rotatable bonds is 5. The van der Waals surface area contributed by atoms with Crippen molar-refractivity contribution in [3.63, 3.8) is 0 Å². The minimum Gasteiger partial charge on any atom is -0.302 e. The fraction of sp³-hybridized carbons (Fsp3) is 0.300. The minimum absolute atomic E-state index is 0.0567. The number of nitrogens with zero attached hydrogens (tertiary/aromatic N) is 2. The zero-order valence-corrected chi connectivity index (χ0v) is 21.5. The zero-order valence-electron chi connectivity index (χ0n) is 20.7. The number of anilines is 1. The molecule has 0 fully saturated rings. The Hall–Kier alpha value is -3.31. The first-order chi connectivity index (χ1) is 16.8. The number of fused-ring (bicyclic) bond motifs is 1. The van der Waals surface area contributed by atoms with Crippen molar-refractivity contribution in [2.75, 3.05) is 5.32 Å². The van der Waals surface area contributed by atoms with E-state index in [0.29, 0.717) is 5.13 Å². The molecule has 1 aliphatic rings. The predicted octanol–water partition coefficient (Wildman–Crippen LogP) is 6.91. The number of benzene rings is 2. The van der Waals surface area contributed by atoms with Crippen LogP contribution in [0.4, 0.5) is 5.13 Å². The van der Waals surface area contributed by atoms with E-state index in [0.717, 1.165) is 24.1 Å². The van der Waals surface area contributed by atoms with Gasteiger partial charge < -0.3 is 5.32 Å². The van der Waals surface area contributed by atoms with Crippen LogP contribution in [0.2, 0.25) is 0 Å². The molecule has 0 saturated carbocycles. The third-order valence-corrected chi connectivity index (χ3v) is 8.51. The van der Waals surface area contributed by atoms with Gasteiger partial charge in [0.25, 0.3) is 0 Å². The van der Waals surface area contributed by atoms with Gasteiger partial charge in [0.05, 0.1) is 11.6 Å². The summed E-state index contributed by atoms with van der Waals surface area (Å²) in [6.07, 6.45) is 5.11. The molecule has 4 nitrogen and oxygen atoms in total. The van der Waals surface area contributed by atoms with Crippen LogP contribution in [0.25, 0.3) is 11.1 Å². The van der Waals surface area contributed by atoms with Gasteiger partial charge in [-0.15, -0.1) is 11.3 Å². The molecule has 2 aromatic carbocycles. The lowest BCUT2D eigenvalue weighted by atomic mass is 9.60. The van der Waals surface area contributed by atoms with Gasteiger partial charge in [0.2, 0.25) is 5.91 Å². The van der Waals surface area contributed by atoms with Gasteiger partial charge in [0.15, 0.2) is 5.13 Å². The molecule has 4 aromatic rings. The maximum Gasteiger partial charge on any atom is 0.230 e. The molecule has 178 valence electrons. The smallest absolute Gasteiger partial charge is 0.230 e. The molecule has 2 aromatic heterocycles. The summed E-state index contributed by atoms with van der Waals surface area (Å²) >= 11 is 1.50. The molecule has 0 saturated heterocycles. The third kappa shape index (κ3) is 4.41. The molecule has 0 aliphatic heterocycles. The van der Waals surface area contributed by atoms with Crippen LogP contribution in [-0.4, -0.2) is 15.9 Å². The molecule has 1 amide bonds. The Morgan fingerprint density at radius 2 is 1.71 bits per heavy atom. The fourth-order valence-corrected chi connectivity index (χ4v) is 6.02. The van der Waals surface area contributed by atoms with E-state index in [1.807, 2.05) is 29.9 Å². The molecule has 5 heteroatoms. The molecule has 35 heavy (non-hydrogen) atoms. The molecular formula is C30H31N3OS. The molecule has 2 heterocycles. The molecule has 1 N–H and O–H groups in total. The quantitative estimate of drug-likeness (QED) is 0.337. The Balaban J connectivity index is 1.29. The second-order valence-electron chi connectivity index (χ2n) is 10.6. The Labute approximate surface area is 211 Å². The Morgan fingerprint density at radius 1 is 1.03 bits per heavy atom. The summed E-state index contributed by atoms with van der Waals surface area (Å²) in [5.41, 5.74) is 6.75. The third-order valence-electron chi connectivity index (χ3n) is 7.71. The highest BCUT2D eigenvalue weighted by Gasteiger charge is 2.53. The Kier molecular flexibility index (Phi) is 6.06. The average molecular weight is 482 g/mol. The van der Waals surface area contributed by atoms with Crippen LogP contribution in [0.1, 0.15) is 50.1 Å². The van der Waals surface area contributed by atoms with Crippen molar-refractivity contribution < 1.29 is 4.79 Å². The van der Waals surface area contributed by atoms with Gasteiger partial charge in [0, 0.05) is 29.6 Å². The highest BCUT2D eigenvalue weighted by atomic mass is 32.1. The minimum atomic E-state index is -0.246. The van der Waals surface area contributed by atoms with Gasteiger partial charge in [-0.1, -0.05) is 76.2 Å². The highest BCUT2D eigenvalue weighted by molar-refractivity contribution is 7.13. The molecule has 0 bridgehead atoms. The summed E-state index contributed by atoms with van der Waals surface area (Å²) in [6, 6.07) is 21.1. The van der Waals surface area contributed by atoms with E-state index in [-0.39, 0.29) is 22.7 Å². The Morgan fingerprint density at radius 3 is 2.43 bits per heavy atom. The number of carbonyl (C=O) groups is 1. The summed E-state index contributed by atoms with van der Waals surface area (Å²) < 4.78 is 0. The second kappa shape index (κ2) is 9.04. The standard InChI is InChI=1S/C30H31N3OS/c1-29(2,3)30(4)25-8-6-5-7-23(25)18-26(30)27(34)33-28-32-24(19-35-28)17-20-9-11-21(12-10-20)22-13-15-31-16-14-22/h5-16,19,26H,17-18H2,1-4H3,(H,32,33,34)/t26-,30+/m0/s1. The van der Waals surface area contributed by atoms with Gasteiger partial charge in [-0.2, -0.15) is 0 Å². The van der Waals surface area contributed by atoms with Crippen LogP contribution in [0.5, 0.6) is 0 Å². The van der Waals surface area contributed by atoms with E-state index in [1.54, 1.807) is 0 Å². The lowest BCUT2D eigenvalue weighted by molar-refractivity contribution is -0.123. The van der Waals surface area contributed by atoms with Crippen LogP contribution in [0.15, 0.2) is 78.4 Å². The summed E-state index contributed by atoms with van der Waals surface area (Å²) in [5.74, 6) is -0.0748. The van der Waals surface area contributed by atoms with Crippen molar-refractivity contribution in [2.45, 2.75) is 46.0 Å². The Bertz CT molecular complexity index is 1340. The average Bonchev–Trinajstić information content (AvgIpc) is 3.42. The molecule has 0 radical (unpaired) electrons. The zero-order chi connectivity index (χ0) is 24.6. The first-order valence-electron chi connectivity index (χ1n) is 12.1. The van der Waals surface area contributed by atoms with E-state index in [2.05, 4.69) is 86.5 Å². The van der Waals surface area contributed by atoms with E-state index >= 15 is 0 Å². The number of nitrogens with one attached hydrogen (secondary N) is 1. The van der Waals surface area contributed by atoms with Crippen molar-refractivity contribution in [1.82, 2.24) is 9.97 Å². The van der Waals surface area contributed by atoms with Gasteiger partial charge in [-0.05, 0) is 51.8 Å². The number of hydrogen-bond acceptors (Lipinski definition) is 4. The normalized spacial score (nSPS) is 19.4. The van der Waals surface area contributed by atoms with Crippen molar-refractivity contribution in [3.8, 4) is 11.1 Å². The van der Waals surface area contributed by atoms with E-state index in [9.17, 15) is 4.79 Å². The molecule has 2 atom stereocenters. The highest BCUT2D eigenvalue weighted by Crippen LogP contribution is 2.53. The fourth-order valence-electron chi connectivity index (χ4n) is 5.30. The number of amides is 1. The monoisotopic (exact) mass is 481 g/mol. The largest absolute Gasteiger partial charge is 0.302 e. The predicted molar refractivity (Wildman–Crippen MR) is 144 cm³/mol. The maximum absolute atomic E-state index is 13.5. The van der Waals surface area contributed by atoms with Crippen molar-refractivity contribution >= 4 is 22.4 Å². The van der Waals surface area contributed by atoms with Crippen LogP contribution < -0.4 is 5.32 Å². The number of carbonyl (C=O) groups excluding carboxylic acids is 1. The summed E-state index contributed by atoms with van der Waals surface area (Å²) in [6.45, 7) is 8.94. The van der Waals surface area contributed by atoms with Crippen LogP contribution in [-0.2, 0) is 23.1 Å². The van der Waals surface area contributed by atoms with Gasteiger partial charge in [-0.3, -0.25) is 9.78 Å². The van der Waals surface area contributed by atoms with Crippen LogP contribution in [0, 0.1) is 11.3 Å². The second-order valence-corrected chi connectivity index (χ2v) is 11.5. The van der Waals surface area contributed by atoms with Gasteiger partial charge in [0.1, 0.15) is 0 Å². The van der Waals surface area contributed by atoms with Crippen molar-refractivity contribution in [2.24, 2.45) is 11.3 Å². The van der Waals surface area contributed by atoms with E-state index < -0.39 is 0 Å². The van der Waals surface area contributed by atoms with Crippen LogP contribution in [0.3, 0.4) is 0 Å². The van der Waals surface area contributed by atoms with E-state index in [4.69, 9.17) is 4.98 Å². The topological polar surface area (TPSA) is 54.9 Å². The lowest BCUT2D eigenvalue weighted by Gasteiger charge is -2.43. The molecule has 0 spiro atoms. The lowest BCUT2D eigenvalue weighted by Crippen LogP contribution is -2.46. The molecule has 5 rings (SSSR count).